The fourth-order valence-electron chi connectivity index (χ4n) is 2.00. The molecule has 1 aromatic carbocycles. The van der Waals surface area contributed by atoms with E-state index in [0.717, 1.165) is 5.56 Å². The molecule has 0 saturated heterocycles. The SMILES string of the molecule is C=C(C)NC(CC)(C(C)=O)c1ccc(F)cc1. The highest BCUT2D eigenvalue weighted by atomic mass is 19.1. The van der Waals surface area contributed by atoms with Gasteiger partial charge in [-0.15, -0.1) is 0 Å². The molecule has 0 aliphatic heterocycles. The maximum absolute atomic E-state index is 12.9. The Balaban J connectivity index is 3.26. The Hall–Kier alpha value is -1.64. The highest BCUT2D eigenvalue weighted by Crippen LogP contribution is 2.27. The maximum atomic E-state index is 12.9. The number of hydrogen-bond acceptors (Lipinski definition) is 2. The zero-order valence-corrected chi connectivity index (χ0v) is 10.5. The largest absolute Gasteiger partial charge is 0.373 e. The van der Waals surface area contributed by atoms with Crippen molar-refractivity contribution in [3.05, 3.63) is 47.9 Å². The molecular weight excluding hydrogens is 217 g/mol. The van der Waals surface area contributed by atoms with Crippen LogP contribution in [0.5, 0.6) is 0 Å². The number of Topliss-reactive ketones (excluding diaryl/α,β-unsaturated/α-hetero) is 1. The molecule has 1 unspecified atom stereocenters. The molecule has 0 fully saturated rings. The minimum atomic E-state index is -0.806. The third kappa shape index (κ3) is 2.73. The molecule has 1 atom stereocenters. The molecular formula is C14H18FNO. The van der Waals surface area contributed by atoms with Gasteiger partial charge in [0.05, 0.1) is 0 Å². The molecule has 0 amide bonds. The van der Waals surface area contributed by atoms with Crippen LogP contribution in [0.2, 0.25) is 0 Å². The summed E-state index contributed by atoms with van der Waals surface area (Å²) in [5.74, 6) is -0.313. The van der Waals surface area contributed by atoms with Crippen molar-refractivity contribution in [2.24, 2.45) is 0 Å². The van der Waals surface area contributed by atoms with Crippen LogP contribution in [-0.4, -0.2) is 5.78 Å². The minimum absolute atomic E-state index is 0.00499. The number of carbonyl (C=O) groups is 1. The standard InChI is InChI=1S/C14H18FNO/c1-5-14(11(4)17,16-10(2)3)12-6-8-13(15)9-7-12/h6-9,16H,2,5H2,1,3-4H3. The van der Waals surface area contributed by atoms with E-state index in [1.54, 1.807) is 19.1 Å². The first-order valence-electron chi connectivity index (χ1n) is 5.63. The zero-order chi connectivity index (χ0) is 13.1. The fraction of sp³-hybridized carbons (Fsp3) is 0.357. The highest BCUT2D eigenvalue weighted by Gasteiger charge is 2.35. The maximum Gasteiger partial charge on any atom is 0.159 e. The number of ketones is 1. The van der Waals surface area contributed by atoms with Gasteiger partial charge in [0, 0.05) is 5.70 Å². The van der Waals surface area contributed by atoms with Crippen LogP contribution in [0.25, 0.3) is 0 Å². The smallest absolute Gasteiger partial charge is 0.159 e. The van der Waals surface area contributed by atoms with E-state index in [1.807, 2.05) is 6.92 Å². The van der Waals surface area contributed by atoms with Crippen molar-refractivity contribution in [2.75, 3.05) is 0 Å². The number of carbonyl (C=O) groups excluding carboxylic acids is 1. The summed E-state index contributed by atoms with van der Waals surface area (Å²) < 4.78 is 12.9. The first-order valence-corrected chi connectivity index (χ1v) is 5.63. The number of benzene rings is 1. The summed E-state index contributed by atoms with van der Waals surface area (Å²) in [5.41, 5.74) is 0.669. The van der Waals surface area contributed by atoms with Crippen molar-refractivity contribution < 1.29 is 9.18 Å². The second kappa shape index (κ2) is 5.13. The first-order chi connectivity index (χ1) is 7.92. The molecule has 0 aromatic heterocycles. The number of hydrogen-bond donors (Lipinski definition) is 1. The summed E-state index contributed by atoms with van der Waals surface area (Å²) in [5, 5.41) is 3.11. The van der Waals surface area contributed by atoms with Crippen molar-refractivity contribution in [3.63, 3.8) is 0 Å². The molecule has 0 bridgehead atoms. The quantitative estimate of drug-likeness (QED) is 0.849. The lowest BCUT2D eigenvalue weighted by atomic mass is 9.83. The summed E-state index contributed by atoms with van der Waals surface area (Å²) in [6.07, 6.45) is 0.584. The zero-order valence-electron chi connectivity index (χ0n) is 10.5. The predicted octanol–water partition coefficient (Wildman–Crippen LogP) is 3.14. The molecule has 3 heteroatoms. The van der Waals surface area contributed by atoms with Crippen molar-refractivity contribution in [3.8, 4) is 0 Å². The van der Waals surface area contributed by atoms with Crippen molar-refractivity contribution in [1.82, 2.24) is 5.32 Å². The van der Waals surface area contributed by atoms with Crippen LogP contribution in [0.3, 0.4) is 0 Å². The van der Waals surface area contributed by atoms with E-state index < -0.39 is 5.54 Å². The first kappa shape index (κ1) is 13.4. The van der Waals surface area contributed by atoms with Crippen molar-refractivity contribution in [2.45, 2.75) is 32.7 Å². The van der Waals surface area contributed by atoms with Gasteiger partial charge in [-0.05, 0) is 38.0 Å². The molecule has 0 heterocycles. The Morgan fingerprint density at radius 3 is 2.24 bits per heavy atom. The van der Waals surface area contributed by atoms with E-state index in [2.05, 4.69) is 11.9 Å². The molecule has 0 saturated carbocycles. The summed E-state index contributed by atoms with van der Waals surface area (Å²) in [7, 11) is 0. The van der Waals surface area contributed by atoms with Crippen LogP contribution < -0.4 is 5.32 Å². The number of rotatable bonds is 5. The van der Waals surface area contributed by atoms with Crippen LogP contribution in [-0.2, 0) is 10.3 Å². The molecule has 1 N–H and O–H groups in total. The van der Waals surface area contributed by atoms with Gasteiger partial charge in [0.2, 0.25) is 0 Å². The molecule has 0 aliphatic rings. The molecule has 92 valence electrons. The topological polar surface area (TPSA) is 29.1 Å². The summed E-state index contributed by atoms with van der Waals surface area (Å²) in [4.78, 5) is 11.9. The Morgan fingerprint density at radius 1 is 1.35 bits per heavy atom. The van der Waals surface area contributed by atoms with Gasteiger partial charge in [0.1, 0.15) is 11.4 Å². The molecule has 0 aliphatic carbocycles. The Labute approximate surface area is 102 Å². The lowest BCUT2D eigenvalue weighted by molar-refractivity contribution is -0.123. The van der Waals surface area contributed by atoms with Crippen molar-refractivity contribution in [1.29, 1.82) is 0 Å². The summed E-state index contributed by atoms with van der Waals surface area (Å²) in [6.45, 7) is 9.03. The molecule has 2 nitrogen and oxygen atoms in total. The van der Waals surface area contributed by atoms with Crippen LogP contribution in [0, 0.1) is 5.82 Å². The third-order valence-electron chi connectivity index (χ3n) is 2.90. The van der Waals surface area contributed by atoms with E-state index in [4.69, 9.17) is 0 Å². The second-order valence-corrected chi connectivity index (χ2v) is 4.23. The van der Waals surface area contributed by atoms with Gasteiger partial charge < -0.3 is 5.32 Å². The van der Waals surface area contributed by atoms with Gasteiger partial charge in [-0.25, -0.2) is 4.39 Å². The lowest BCUT2D eigenvalue weighted by Gasteiger charge is -2.33. The molecule has 1 rings (SSSR count). The second-order valence-electron chi connectivity index (χ2n) is 4.23. The van der Waals surface area contributed by atoms with Gasteiger partial charge in [-0.2, -0.15) is 0 Å². The van der Waals surface area contributed by atoms with E-state index in [-0.39, 0.29) is 11.6 Å². The number of nitrogens with one attached hydrogen (secondary N) is 1. The minimum Gasteiger partial charge on any atom is -0.373 e. The number of halogens is 1. The number of allylic oxidation sites excluding steroid dienone is 1. The highest BCUT2D eigenvalue weighted by molar-refractivity contribution is 5.87. The van der Waals surface area contributed by atoms with E-state index in [1.165, 1.54) is 19.1 Å². The Morgan fingerprint density at radius 2 is 1.88 bits per heavy atom. The molecule has 1 aromatic rings. The van der Waals surface area contributed by atoms with Gasteiger partial charge in [-0.1, -0.05) is 25.6 Å². The van der Waals surface area contributed by atoms with Crippen LogP contribution in [0.4, 0.5) is 4.39 Å². The average Bonchev–Trinajstić information content (AvgIpc) is 2.26. The van der Waals surface area contributed by atoms with Gasteiger partial charge >= 0.3 is 0 Å². The van der Waals surface area contributed by atoms with Gasteiger partial charge in [0.25, 0.3) is 0 Å². The third-order valence-corrected chi connectivity index (χ3v) is 2.90. The average molecular weight is 235 g/mol. The predicted molar refractivity (Wildman–Crippen MR) is 67.0 cm³/mol. The summed E-state index contributed by atoms with van der Waals surface area (Å²) in [6, 6.07) is 6.00. The monoisotopic (exact) mass is 235 g/mol. The molecule has 0 radical (unpaired) electrons. The lowest BCUT2D eigenvalue weighted by Crippen LogP contribution is -2.46. The molecule has 0 spiro atoms. The fourth-order valence-corrected chi connectivity index (χ4v) is 2.00. The Bertz CT molecular complexity index is 424. The van der Waals surface area contributed by atoms with Crippen molar-refractivity contribution >= 4 is 5.78 Å². The summed E-state index contributed by atoms with van der Waals surface area (Å²) >= 11 is 0. The van der Waals surface area contributed by atoms with E-state index in [0.29, 0.717) is 12.1 Å². The van der Waals surface area contributed by atoms with E-state index in [9.17, 15) is 9.18 Å². The molecule has 17 heavy (non-hydrogen) atoms. The van der Waals surface area contributed by atoms with Gasteiger partial charge in [-0.3, -0.25) is 4.79 Å². The van der Waals surface area contributed by atoms with Crippen LogP contribution in [0.1, 0.15) is 32.8 Å². The van der Waals surface area contributed by atoms with Crippen LogP contribution >= 0.6 is 0 Å². The van der Waals surface area contributed by atoms with Crippen LogP contribution in [0.15, 0.2) is 36.5 Å². The normalized spacial score (nSPS) is 13.9. The Kier molecular flexibility index (Phi) is 4.05. The van der Waals surface area contributed by atoms with Gasteiger partial charge in [0.15, 0.2) is 5.78 Å². The van der Waals surface area contributed by atoms with E-state index >= 15 is 0 Å².